The fourth-order valence-electron chi connectivity index (χ4n) is 3.26. The molecule has 0 unspecified atom stereocenters. The van der Waals surface area contributed by atoms with Crippen LogP contribution >= 0.6 is 0 Å². The van der Waals surface area contributed by atoms with Crippen LogP contribution < -0.4 is 10.5 Å². The Balaban J connectivity index is 2.01. The van der Waals surface area contributed by atoms with Crippen molar-refractivity contribution in [3.8, 4) is 0 Å². The van der Waals surface area contributed by atoms with Crippen LogP contribution in [0.2, 0.25) is 6.04 Å². The minimum Gasteiger partial charge on any atom is -0.377 e. The lowest BCUT2D eigenvalue weighted by atomic mass is 9.92. The average molecular weight is 403 g/mol. The largest absolute Gasteiger partial charge is 0.500 e. The fraction of sp³-hybridized carbons (Fsp3) is 0.647. The molecule has 2 atom stereocenters. The van der Waals surface area contributed by atoms with Crippen molar-refractivity contribution in [3.05, 3.63) is 29.8 Å². The summed E-state index contributed by atoms with van der Waals surface area (Å²) in [5.41, 5.74) is 7.05. The average Bonchev–Trinajstić information content (AvgIpc) is 2.65. The molecule has 1 saturated carbocycles. The molecule has 1 aliphatic carbocycles. The molecule has 148 valence electrons. The van der Waals surface area contributed by atoms with E-state index in [2.05, 4.69) is 4.72 Å². The summed E-state index contributed by atoms with van der Waals surface area (Å²) in [5.74, 6) is 0. The predicted octanol–water partition coefficient (Wildman–Crippen LogP) is 1.66. The Morgan fingerprint density at radius 3 is 2.19 bits per heavy atom. The lowest BCUT2D eigenvalue weighted by molar-refractivity contribution is 0.123. The van der Waals surface area contributed by atoms with Crippen LogP contribution in [0, 0.1) is 0 Å². The standard InChI is InChI=1S/C17H30N2O5SSi/c1-22-26(23-2,24-3)13-12-14-8-10-15(11-9-14)25(20,21)19-17-7-5-4-6-16(17)18/h8-11,16-17,19H,4-7,12-13,18H2,1-3H3/t16-,17-/m1/s1. The van der Waals surface area contributed by atoms with Gasteiger partial charge in [0.1, 0.15) is 0 Å². The van der Waals surface area contributed by atoms with Gasteiger partial charge in [-0.3, -0.25) is 0 Å². The second-order valence-electron chi connectivity index (χ2n) is 6.62. The van der Waals surface area contributed by atoms with E-state index in [0.29, 0.717) is 12.5 Å². The molecular weight excluding hydrogens is 372 g/mol. The molecular formula is C17H30N2O5SSi. The SMILES string of the molecule is CO[Si](CCc1ccc(S(=O)(=O)N[C@@H]2CCCC[C@H]2N)cc1)(OC)OC. The van der Waals surface area contributed by atoms with Gasteiger partial charge in [-0.05, 0) is 37.0 Å². The van der Waals surface area contributed by atoms with Crippen LogP contribution in [-0.4, -0.2) is 50.6 Å². The molecule has 0 aromatic heterocycles. The smallest absolute Gasteiger partial charge is 0.377 e. The molecule has 0 saturated heterocycles. The zero-order chi connectivity index (χ0) is 19.2. The minimum absolute atomic E-state index is 0.118. The van der Waals surface area contributed by atoms with Gasteiger partial charge in [0, 0.05) is 39.5 Å². The lowest BCUT2D eigenvalue weighted by Gasteiger charge is -2.29. The molecule has 2 rings (SSSR count). The third-order valence-corrected chi connectivity index (χ3v) is 9.25. The first-order chi connectivity index (χ1) is 12.4. The van der Waals surface area contributed by atoms with E-state index in [1.165, 1.54) is 0 Å². The van der Waals surface area contributed by atoms with Crippen molar-refractivity contribution < 1.29 is 21.7 Å². The van der Waals surface area contributed by atoms with E-state index in [4.69, 9.17) is 19.0 Å². The van der Waals surface area contributed by atoms with Crippen LogP contribution in [0.5, 0.6) is 0 Å². The summed E-state index contributed by atoms with van der Waals surface area (Å²) in [5, 5.41) is 0. The van der Waals surface area contributed by atoms with Crippen LogP contribution in [0.4, 0.5) is 0 Å². The van der Waals surface area contributed by atoms with Gasteiger partial charge >= 0.3 is 8.80 Å². The number of benzene rings is 1. The summed E-state index contributed by atoms with van der Waals surface area (Å²) >= 11 is 0. The van der Waals surface area contributed by atoms with Crippen LogP contribution in [0.15, 0.2) is 29.2 Å². The molecule has 1 fully saturated rings. The van der Waals surface area contributed by atoms with Gasteiger partial charge < -0.3 is 19.0 Å². The molecule has 0 heterocycles. The number of nitrogens with one attached hydrogen (secondary N) is 1. The highest BCUT2D eigenvalue weighted by molar-refractivity contribution is 7.89. The zero-order valence-corrected chi connectivity index (χ0v) is 17.6. The normalized spacial score (nSPS) is 21.7. The first kappa shape index (κ1) is 21.5. The van der Waals surface area contributed by atoms with Crippen molar-refractivity contribution in [2.75, 3.05) is 21.3 Å². The monoisotopic (exact) mass is 402 g/mol. The van der Waals surface area contributed by atoms with E-state index in [1.54, 1.807) is 33.5 Å². The maximum atomic E-state index is 12.6. The van der Waals surface area contributed by atoms with Crippen LogP contribution in [-0.2, 0) is 29.7 Å². The van der Waals surface area contributed by atoms with Gasteiger partial charge in [-0.15, -0.1) is 0 Å². The Bertz CT molecular complexity index is 656. The number of hydrogen-bond donors (Lipinski definition) is 2. The Morgan fingerprint density at radius 1 is 1.08 bits per heavy atom. The van der Waals surface area contributed by atoms with Crippen molar-refractivity contribution in [3.63, 3.8) is 0 Å². The van der Waals surface area contributed by atoms with Gasteiger partial charge in [-0.25, -0.2) is 13.1 Å². The van der Waals surface area contributed by atoms with Gasteiger partial charge in [-0.2, -0.15) is 0 Å². The van der Waals surface area contributed by atoms with E-state index in [-0.39, 0.29) is 17.0 Å². The van der Waals surface area contributed by atoms with E-state index in [1.807, 2.05) is 12.1 Å². The molecule has 0 amide bonds. The molecule has 9 heteroatoms. The van der Waals surface area contributed by atoms with Crippen molar-refractivity contribution in [2.24, 2.45) is 5.73 Å². The van der Waals surface area contributed by atoms with Crippen molar-refractivity contribution in [2.45, 2.75) is 55.1 Å². The van der Waals surface area contributed by atoms with Gasteiger partial charge in [0.05, 0.1) is 4.90 Å². The summed E-state index contributed by atoms with van der Waals surface area (Å²) in [4.78, 5) is 0.257. The highest BCUT2D eigenvalue weighted by Gasteiger charge is 2.37. The van der Waals surface area contributed by atoms with Crippen LogP contribution in [0.25, 0.3) is 0 Å². The minimum atomic E-state index is -3.56. The Hall–Kier alpha value is -0.813. The summed E-state index contributed by atoms with van der Waals surface area (Å²) in [7, 11) is -1.45. The summed E-state index contributed by atoms with van der Waals surface area (Å²) in [6, 6.07) is 7.20. The quantitative estimate of drug-likeness (QED) is 0.609. The molecule has 7 nitrogen and oxygen atoms in total. The van der Waals surface area contributed by atoms with Gasteiger partial charge in [0.15, 0.2) is 0 Å². The zero-order valence-electron chi connectivity index (χ0n) is 15.7. The van der Waals surface area contributed by atoms with E-state index in [9.17, 15) is 8.42 Å². The Kier molecular flexibility index (Phi) is 7.77. The predicted molar refractivity (Wildman–Crippen MR) is 102 cm³/mol. The second-order valence-corrected chi connectivity index (χ2v) is 11.4. The Labute approximate surface area is 157 Å². The number of hydrogen-bond acceptors (Lipinski definition) is 6. The van der Waals surface area contributed by atoms with E-state index >= 15 is 0 Å². The summed E-state index contributed by atoms with van der Waals surface area (Å²) < 4.78 is 44.2. The summed E-state index contributed by atoms with van der Waals surface area (Å²) in [6.45, 7) is 0. The van der Waals surface area contributed by atoms with Crippen molar-refractivity contribution in [1.29, 1.82) is 0 Å². The van der Waals surface area contributed by atoms with Gasteiger partial charge in [-0.1, -0.05) is 25.0 Å². The van der Waals surface area contributed by atoms with Crippen LogP contribution in [0.1, 0.15) is 31.2 Å². The molecule has 1 aromatic rings. The highest BCUT2D eigenvalue weighted by Crippen LogP contribution is 2.21. The first-order valence-corrected chi connectivity index (χ1v) is 12.3. The molecule has 1 aliphatic rings. The lowest BCUT2D eigenvalue weighted by Crippen LogP contribution is -2.49. The van der Waals surface area contributed by atoms with Crippen molar-refractivity contribution >= 4 is 18.8 Å². The number of sulfonamides is 1. The molecule has 3 N–H and O–H groups in total. The van der Waals surface area contributed by atoms with E-state index < -0.39 is 18.8 Å². The molecule has 0 aliphatic heterocycles. The number of rotatable bonds is 9. The molecule has 26 heavy (non-hydrogen) atoms. The number of aryl methyl sites for hydroxylation is 1. The molecule has 0 spiro atoms. The molecule has 0 radical (unpaired) electrons. The van der Waals surface area contributed by atoms with Crippen LogP contribution in [0.3, 0.4) is 0 Å². The topological polar surface area (TPSA) is 99.9 Å². The van der Waals surface area contributed by atoms with E-state index in [0.717, 1.165) is 31.2 Å². The second kappa shape index (κ2) is 9.40. The third kappa shape index (κ3) is 5.35. The Morgan fingerprint density at radius 2 is 1.65 bits per heavy atom. The maximum Gasteiger partial charge on any atom is 0.500 e. The third-order valence-electron chi connectivity index (χ3n) is 5.01. The maximum absolute atomic E-state index is 12.6. The summed E-state index contributed by atoms with van der Waals surface area (Å²) in [6.07, 6.45) is 4.39. The van der Waals surface area contributed by atoms with Crippen molar-refractivity contribution in [1.82, 2.24) is 4.72 Å². The van der Waals surface area contributed by atoms with Gasteiger partial charge in [0.2, 0.25) is 10.0 Å². The highest BCUT2D eigenvalue weighted by atomic mass is 32.2. The number of nitrogens with two attached hydrogens (primary N) is 1. The molecule has 1 aromatic carbocycles. The van der Waals surface area contributed by atoms with Gasteiger partial charge in [0.25, 0.3) is 0 Å². The first-order valence-electron chi connectivity index (χ1n) is 8.88. The molecule has 0 bridgehead atoms. The fourth-order valence-corrected chi connectivity index (χ4v) is 6.29.